The summed E-state index contributed by atoms with van der Waals surface area (Å²) in [6.45, 7) is 13.7. The molecule has 0 aliphatic rings. The van der Waals surface area contributed by atoms with Crippen LogP contribution in [0.15, 0.2) is 18.2 Å². The van der Waals surface area contributed by atoms with Gasteiger partial charge in [-0.05, 0) is 12.1 Å². The van der Waals surface area contributed by atoms with Gasteiger partial charge in [0.15, 0.2) is 5.69 Å². The fourth-order valence-electron chi connectivity index (χ4n) is 1.19. The van der Waals surface area contributed by atoms with Gasteiger partial charge in [0, 0.05) is 0 Å². The van der Waals surface area contributed by atoms with Crippen molar-refractivity contribution in [3.05, 3.63) is 41.0 Å². The Hall–Kier alpha value is -2.40. The van der Waals surface area contributed by atoms with Crippen molar-refractivity contribution >= 4 is 16.7 Å². The largest absolute Gasteiger partial charge is 0.309 e. The molecule has 0 radical (unpaired) electrons. The molecule has 2 aromatic rings. The highest BCUT2D eigenvalue weighted by Crippen LogP contribution is 2.19. The van der Waals surface area contributed by atoms with Gasteiger partial charge in [-0.3, -0.25) is 4.85 Å². The topological polar surface area (TPSA) is 39.4 Å². The van der Waals surface area contributed by atoms with Gasteiger partial charge in [0.05, 0.1) is 12.1 Å². The Balaban J connectivity index is 2.66. The number of aromatic nitrogens is 3. The Bertz CT molecular complexity index is 555. The van der Waals surface area contributed by atoms with Crippen molar-refractivity contribution in [2.24, 2.45) is 0 Å². The zero-order valence-corrected chi connectivity index (χ0v) is 7.18. The number of benzene rings is 1. The number of hydrogen-bond acceptors (Lipinski definition) is 2. The second-order valence-corrected chi connectivity index (χ2v) is 2.67. The van der Waals surface area contributed by atoms with Gasteiger partial charge in [-0.25, -0.2) is 11.4 Å². The van der Waals surface area contributed by atoms with Crippen molar-refractivity contribution in [3.8, 4) is 0 Å². The van der Waals surface area contributed by atoms with Crippen LogP contribution >= 0.6 is 0 Å². The summed E-state index contributed by atoms with van der Waals surface area (Å²) >= 11 is 0. The van der Waals surface area contributed by atoms with E-state index < -0.39 is 0 Å². The molecule has 0 spiro atoms. The monoisotopic (exact) mass is 183 g/mol. The van der Waals surface area contributed by atoms with Gasteiger partial charge in [-0.2, -0.15) is 4.68 Å². The number of hydrogen-bond donors (Lipinski definition) is 0. The Kier molecular flexibility index (Phi) is 1.85. The molecule has 1 heterocycles. The second-order valence-electron chi connectivity index (χ2n) is 2.67. The number of rotatable bonds is 1. The average molecular weight is 183 g/mol. The van der Waals surface area contributed by atoms with Crippen molar-refractivity contribution in [2.45, 2.75) is 6.67 Å². The van der Waals surface area contributed by atoms with E-state index in [0.717, 1.165) is 5.52 Å². The fourth-order valence-corrected chi connectivity index (χ4v) is 1.19. The molecule has 14 heavy (non-hydrogen) atoms. The highest BCUT2D eigenvalue weighted by atomic mass is 15.4. The fraction of sp³-hybridized carbons (Fsp3) is 0.111. The Morgan fingerprint density at radius 2 is 2.21 bits per heavy atom. The molecule has 0 saturated carbocycles. The third-order valence-electron chi connectivity index (χ3n) is 1.83. The highest BCUT2D eigenvalue weighted by Gasteiger charge is 2.05. The van der Waals surface area contributed by atoms with Crippen LogP contribution in [-0.4, -0.2) is 15.0 Å². The molecular weight excluding hydrogens is 178 g/mol. The number of nitrogens with zero attached hydrogens (tertiary/aromatic N) is 5. The molecular formula is C9H5N5. The quantitative estimate of drug-likeness (QED) is 0.633. The maximum atomic E-state index is 6.86. The van der Waals surface area contributed by atoms with Crippen LogP contribution in [-0.2, 0) is 6.67 Å². The summed E-state index contributed by atoms with van der Waals surface area (Å²) in [6.07, 6.45) is 0. The van der Waals surface area contributed by atoms with Gasteiger partial charge in [0.1, 0.15) is 5.52 Å². The van der Waals surface area contributed by atoms with Crippen molar-refractivity contribution in [3.63, 3.8) is 0 Å². The molecule has 1 aromatic heterocycles. The minimum atomic E-state index is 0.137. The lowest BCUT2D eigenvalue weighted by Gasteiger charge is -1.92. The van der Waals surface area contributed by atoms with Crippen molar-refractivity contribution in [2.75, 3.05) is 0 Å². The van der Waals surface area contributed by atoms with E-state index in [0.29, 0.717) is 11.2 Å². The SMILES string of the molecule is [C-]#[N+]Cn1nnc2ccc([N+]#[C-])cc21. The van der Waals surface area contributed by atoms with Gasteiger partial charge in [-0.1, -0.05) is 11.3 Å². The predicted octanol–water partition coefficient (Wildman–Crippen LogP) is 1.86. The Morgan fingerprint density at radius 3 is 2.93 bits per heavy atom. The first-order valence-electron chi connectivity index (χ1n) is 3.89. The van der Waals surface area contributed by atoms with Gasteiger partial charge in [0.2, 0.25) is 0 Å². The average Bonchev–Trinajstić information content (AvgIpc) is 2.61. The summed E-state index contributed by atoms with van der Waals surface area (Å²) in [5.41, 5.74) is 1.97. The van der Waals surface area contributed by atoms with Gasteiger partial charge >= 0.3 is 6.67 Å². The van der Waals surface area contributed by atoms with Gasteiger partial charge in [-0.15, -0.1) is 5.10 Å². The van der Waals surface area contributed by atoms with Crippen LogP contribution in [0.25, 0.3) is 20.7 Å². The van der Waals surface area contributed by atoms with Crippen LogP contribution in [0.1, 0.15) is 0 Å². The summed E-state index contributed by atoms with van der Waals surface area (Å²) < 4.78 is 1.48. The molecule has 0 unspecified atom stereocenters. The van der Waals surface area contributed by atoms with Crippen molar-refractivity contribution < 1.29 is 0 Å². The Morgan fingerprint density at radius 1 is 1.36 bits per heavy atom. The van der Waals surface area contributed by atoms with Crippen molar-refractivity contribution in [1.29, 1.82) is 0 Å². The zero-order valence-electron chi connectivity index (χ0n) is 7.18. The molecule has 0 aliphatic carbocycles. The maximum Gasteiger partial charge on any atom is 0.309 e. The second kappa shape index (κ2) is 3.15. The molecule has 1 aromatic carbocycles. The van der Waals surface area contributed by atoms with Crippen LogP contribution in [0.4, 0.5) is 5.69 Å². The van der Waals surface area contributed by atoms with Crippen LogP contribution in [0, 0.1) is 13.1 Å². The summed E-state index contributed by atoms with van der Waals surface area (Å²) in [5, 5.41) is 7.69. The lowest BCUT2D eigenvalue weighted by atomic mass is 10.3. The summed E-state index contributed by atoms with van der Waals surface area (Å²) in [4.78, 5) is 6.52. The third-order valence-corrected chi connectivity index (χ3v) is 1.83. The molecule has 66 valence electrons. The van der Waals surface area contributed by atoms with Crippen LogP contribution in [0.2, 0.25) is 0 Å². The van der Waals surface area contributed by atoms with E-state index in [9.17, 15) is 0 Å². The van der Waals surface area contributed by atoms with E-state index in [4.69, 9.17) is 13.1 Å². The van der Waals surface area contributed by atoms with Crippen LogP contribution in [0.3, 0.4) is 0 Å². The van der Waals surface area contributed by atoms with E-state index in [1.54, 1.807) is 18.2 Å². The third kappa shape index (κ3) is 1.17. The first-order valence-corrected chi connectivity index (χ1v) is 3.89. The first-order chi connectivity index (χ1) is 6.85. The first kappa shape index (κ1) is 8.21. The molecule has 0 saturated heterocycles. The minimum Gasteiger partial charge on any atom is -0.291 e. The molecule has 0 atom stereocenters. The molecule has 0 aliphatic heterocycles. The lowest BCUT2D eigenvalue weighted by Crippen LogP contribution is -1.95. The van der Waals surface area contributed by atoms with E-state index in [1.165, 1.54) is 4.68 Å². The minimum absolute atomic E-state index is 0.137. The predicted molar refractivity (Wildman–Crippen MR) is 50.4 cm³/mol. The van der Waals surface area contributed by atoms with Crippen LogP contribution in [0.5, 0.6) is 0 Å². The Labute approximate surface area is 80.2 Å². The van der Waals surface area contributed by atoms with E-state index in [-0.39, 0.29) is 6.67 Å². The highest BCUT2D eigenvalue weighted by molar-refractivity contribution is 5.78. The normalized spacial score (nSPS) is 9.57. The summed E-state index contributed by atoms with van der Waals surface area (Å²) in [5.74, 6) is 0. The van der Waals surface area contributed by atoms with E-state index in [2.05, 4.69) is 20.0 Å². The summed E-state index contributed by atoms with van der Waals surface area (Å²) in [7, 11) is 0. The summed E-state index contributed by atoms with van der Waals surface area (Å²) in [6, 6.07) is 5.11. The maximum absolute atomic E-state index is 6.86. The molecule has 5 nitrogen and oxygen atoms in total. The number of fused-ring (bicyclic) bond motifs is 1. The lowest BCUT2D eigenvalue weighted by molar-refractivity contribution is 0.680. The smallest absolute Gasteiger partial charge is 0.291 e. The molecule has 0 bridgehead atoms. The van der Waals surface area contributed by atoms with E-state index in [1.807, 2.05) is 0 Å². The van der Waals surface area contributed by atoms with Gasteiger partial charge in [0.25, 0.3) is 0 Å². The van der Waals surface area contributed by atoms with Crippen molar-refractivity contribution in [1.82, 2.24) is 15.0 Å². The standard InChI is InChI=1S/C9H5N5/c1-10-6-14-9-5-7(11-2)3-4-8(9)12-13-14/h3-5H,6H2. The van der Waals surface area contributed by atoms with Crippen LogP contribution < -0.4 is 0 Å². The molecule has 0 fully saturated rings. The molecule has 0 amide bonds. The van der Waals surface area contributed by atoms with Gasteiger partial charge < -0.3 is 0 Å². The molecule has 5 heteroatoms. The van der Waals surface area contributed by atoms with E-state index >= 15 is 0 Å². The molecule has 0 N–H and O–H groups in total. The zero-order chi connectivity index (χ0) is 9.97. The molecule has 2 rings (SSSR count).